The zero-order chi connectivity index (χ0) is 18.8. The lowest BCUT2D eigenvalue weighted by molar-refractivity contribution is 0.0677. The highest BCUT2D eigenvalue weighted by Crippen LogP contribution is 2.23. The normalized spacial score (nSPS) is 19.8. The lowest BCUT2D eigenvalue weighted by Crippen LogP contribution is -2.40. The zero-order valence-electron chi connectivity index (χ0n) is 16.5. The van der Waals surface area contributed by atoms with Gasteiger partial charge in [-0.15, -0.1) is 0 Å². The van der Waals surface area contributed by atoms with E-state index in [1.54, 1.807) is 11.3 Å². The first-order valence-corrected chi connectivity index (χ1v) is 10.6. The second-order valence-corrected chi connectivity index (χ2v) is 8.04. The third-order valence-electron chi connectivity index (χ3n) is 4.79. The van der Waals surface area contributed by atoms with Gasteiger partial charge in [-0.1, -0.05) is 0 Å². The van der Waals surface area contributed by atoms with Crippen LogP contribution in [0, 0.1) is 0 Å². The highest BCUT2D eigenvalue weighted by molar-refractivity contribution is 7.08. The van der Waals surface area contributed by atoms with Crippen LogP contribution in [0.1, 0.15) is 32.3 Å². The Bertz CT molecular complexity index is 532. The van der Waals surface area contributed by atoms with Gasteiger partial charge in [0.25, 0.3) is 0 Å². The minimum absolute atomic E-state index is 0.345. The molecular formula is C19H35N5OS. The number of rotatable bonds is 8. The first-order valence-electron chi connectivity index (χ1n) is 9.69. The molecule has 0 amide bonds. The number of thiophene rings is 1. The molecule has 148 valence electrons. The molecule has 6 nitrogen and oxygen atoms in total. The number of guanidine groups is 1. The third-order valence-corrected chi connectivity index (χ3v) is 5.47. The fourth-order valence-electron chi connectivity index (χ4n) is 3.07. The van der Waals surface area contributed by atoms with Gasteiger partial charge in [0.1, 0.15) is 5.60 Å². The van der Waals surface area contributed by atoms with Crippen molar-refractivity contribution in [3.63, 3.8) is 0 Å². The number of nitrogens with zero attached hydrogens (tertiary/aromatic N) is 3. The van der Waals surface area contributed by atoms with Crippen LogP contribution in [-0.2, 0) is 5.60 Å². The van der Waals surface area contributed by atoms with E-state index < -0.39 is 5.60 Å². The summed E-state index contributed by atoms with van der Waals surface area (Å²) in [6, 6.07) is 1.96. The molecule has 1 saturated heterocycles. The van der Waals surface area contributed by atoms with Crippen LogP contribution >= 0.6 is 11.3 Å². The van der Waals surface area contributed by atoms with Crippen molar-refractivity contribution < 1.29 is 5.11 Å². The van der Waals surface area contributed by atoms with Gasteiger partial charge in [-0.3, -0.25) is 0 Å². The minimum atomic E-state index is -0.930. The first-order chi connectivity index (χ1) is 12.5. The molecule has 3 N–H and O–H groups in total. The standard InChI is InChI=1S/C19H35N5OS/c1-4-20-18(22-16-19(2,25)17-7-14-26-15-17)21-8-5-10-24-11-6-9-23(3)12-13-24/h7,14-15,25H,4-6,8-13,16H2,1-3H3,(H2,20,21,22). The molecule has 0 spiro atoms. The minimum Gasteiger partial charge on any atom is -0.383 e. The Morgan fingerprint density at radius 3 is 2.88 bits per heavy atom. The number of hydrogen-bond acceptors (Lipinski definition) is 5. The molecule has 0 radical (unpaired) electrons. The van der Waals surface area contributed by atoms with Crippen LogP contribution < -0.4 is 10.6 Å². The van der Waals surface area contributed by atoms with E-state index in [0.717, 1.165) is 50.7 Å². The van der Waals surface area contributed by atoms with Crippen LogP contribution in [0.15, 0.2) is 21.8 Å². The smallest absolute Gasteiger partial charge is 0.191 e. The summed E-state index contributed by atoms with van der Waals surface area (Å²) in [6.45, 7) is 11.8. The topological polar surface area (TPSA) is 63.1 Å². The molecule has 2 heterocycles. The molecule has 1 unspecified atom stereocenters. The number of likely N-dealkylation sites (N-methyl/N-ethyl adjacent to an activating group) is 1. The van der Waals surface area contributed by atoms with Gasteiger partial charge >= 0.3 is 0 Å². The SMILES string of the molecule is CCNC(=NCC(C)(O)c1ccsc1)NCCCN1CCCN(C)CC1. The van der Waals surface area contributed by atoms with E-state index in [9.17, 15) is 5.11 Å². The Balaban J connectivity index is 1.75. The van der Waals surface area contributed by atoms with Crippen LogP contribution in [-0.4, -0.2) is 80.3 Å². The quantitative estimate of drug-likeness (QED) is 0.362. The molecule has 2 rings (SSSR count). The zero-order valence-corrected chi connectivity index (χ0v) is 17.3. The molecule has 0 saturated carbocycles. The Hall–Kier alpha value is -1.15. The summed E-state index contributed by atoms with van der Waals surface area (Å²) >= 11 is 1.60. The van der Waals surface area contributed by atoms with Crippen LogP contribution in [0.3, 0.4) is 0 Å². The molecular weight excluding hydrogens is 346 g/mol. The van der Waals surface area contributed by atoms with Crippen molar-refractivity contribution in [1.29, 1.82) is 0 Å². The maximum Gasteiger partial charge on any atom is 0.191 e. The van der Waals surface area contributed by atoms with Gasteiger partial charge in [-0.25, -0.2) is 4.99 Å². The van der Waals surface area contributed by atoms with Crippen molar-refractivity contribution in [2.75, 3.05) is 59.4 Å². The van der Waals surface area contributed by atoms with Crippen LogP contribution in [0.5, 0.6) is 0 Å². The molecule has 1 aliphatic rings. The average molecular weight is 382 g/mol. The van der Waals surface area contributed by atoms with Gasteiger partial charge in [0.2, 0.25) is 0 Å². The van der Waals surface area contributed by atoms with E-state index in [1.807, 2.05) is 23.8 Å². The Kier molecular flexibility index (Phi) is 8.84. The molecule has 1 fully saturated rings. The van der Waals surface area contributed by atoms with Crippen molar-refractivity contribution in [2.24, 2.45) is 4.99 Å². The highest BCUT2D eigenvalue weighted by atomic mass is 32.1. The number of aliphatic imine (C=N–C) groups is 1. The lowest BCUT2D eigenvalue weighted by atomic mass is 10.00. The Morgan fingerprint density at radius 2 is 2.15 bits per heavy atom. The van der Waals surface area contributed by atoms with Gasteiger partial charge in [-0.2, -0.15) is 11.3 Å². The summed E-state index contributed by atoms with van der Waals surface area (Å²) in [7, 11) is 2.20. The monoisotopic (exact) mass is 381 g/mol. The van der Waals surface area contributed by atoms with Gasteiger partial charge in [0.15, 0.2) is 5.96 Å². The maximum atomic E-state index is 10.6. The molecule has 7 heteroatoms. The molecule has 1 aromatic heterocycles. The van der Waals surface area contributed by atoms with Gasteiger partial charge in [-0.05, 0) is 75.8 Å². The van der Waals surface area contributed by atoms with Gasteiger partial charge in [0.05, 0.1) is 6.54 Å². The van der Waals surface area contributed by atoms with Crippen molar-refractivity contribution in [1.82, 2.24) is 20.4 Å². The van der Waals surface area contributed by atoms with Crippen molar-refractivity contribution in [2.45, 2.75) is 32.3 Å². The third kappa shape index (κ3) is 7.23. The number of aliphatic hydroxyl groups is 1. The predicted molar refractivity (Wildman–Crippen MR) is 111 cm³/mol. The van der Waals surface area contributed by atoms with Crippen molar-refractivity contribution in [3.8, 4) is 0 Å². The van der Waals surface area contributed by atoms with E-state index in [1.165, 1.54) is 19.5 Å². The molecule has 1 aliphatic heterocycles. The summed E-state index contributed by atoms with van der Waals surface area (Å²) in [5.41, 5.74) is -0.00584. The maximum absolute atomic E-state index is 10.6. The molecule has 0 aliphatic carbocycles. The number of nitrogens with one attached hydrogen (secondary N) is 2. The van der Waals surface area contributed by atoms with E-state index in [-0.39, 0.29) is 0 Å². The average Bonchev–Trinajstić information content (AvgIpc) is 3.08. The second-order valence-electron chi connectivity index (χ2n) is 7.26. The Morgan fingerprint density at radius 1 is 1.31 bits per heavy atom. The lowest BCUT2D eigenvalue weighted by Gasteiger charge is -2.22. The van der Waals surface area contributed by atoms with Gasteiger partial charge < -0.3 is 25.5 Å². The fourth-order valence-corrected chi connectivity index (χ4v) is 3.85. The fraction of sp³-hybridized carbons (Fsp3) is 0.737. The molecule has 1 aromatic rings. The van der Waals surface area contributed by atoms with E-state index in [0.29, 0.717) is 6.54 Å². The predicted octanol–water partition coefficient (Wildman–Crippen LogP) is 1.54. The van der Waals surface area contributed by atoms with Crippen LogP contribution in [0.4, 0.5) is 0 Å². The van der Waals surface area contributed by atoms with E-state index >= 15 is 0 Å². The van der Waals surface area contributed by atoms with Crippen molar-refractivity contribution >= 4 is 17.3 Å². The summed E-state index contributed by atoms with van der Waals surface area (Å²) in [5.74, 6) is 0.776. The highest BCUT2D eigenvalue weighted by Gasteiger charge is 2.23. The second kappa shape index (κ2) is 10.9. The number of hydrogen-bond donors (Lipinski definition) is 3. The largest absolute Gasteiger partial charge is 0.383 e. The summed E-state index contributed by atoms with van der Waals surface area (Å²) < 4.78 is 0. The van der Waals surface area contributed by atoms with E-state index in [4.69, 9.17) is 0 Å². The summed E-state index contributed by atoms with van der Waals surface area (Å²) in [4.78, 5) is 9.54. The van der Waals surface area contributed by atoms with Crippen LogP contribution in [0.25, 0.3) is 0 Å². The summed E-state index contributed by atoms with van der Waals surface area (Å²) in [5, 5.41) is 21.2. The first kappa shape index (κ1) is 21.2. The Labute approximate surface area is 162 Å². The molecule has 0 bridgehead atoms. The van der Waals surface area contributed by atoms with Crippen LogP contribution in [0.2, 0.25) is 0 Å². The van der Waals surface area contributed by atoms with Crippen molar-refractivity contribution in [3.05, 3.63) is 22.4 Å². The van der Waals surface area contributed by atoms with Gasteiger partial charge in [0, 0.05) is 26.2 Å². The molecule has 26 heavy (non-hydrogen) atoms. The molecule has 0 aromatic carbocycles. The van der Waals surface area contributed by atoms with E-state index in [2.05, 4.69) is 39.4 Å². The summed E-state index contributed by atoms with van der Waals surface area (Å²) in [6.07, 6.45) is 2.35. The molecule has 1 atom stereocenters.